The molecule has 1 unspecified atom stereocenters. The molecule has 3 nitrogen and oxygen atoms in total. The SMILES string of the molecule is CCC(C)c1ccccc1NC(=O)c1ccnc(C)c1. The second kappa shape index (κ2) is 6.33. The Morgan fingerprint density at radius 2 is 2.05 bits per heavy atom. The van der Waals surface area contributed by atoms with Crippen LogP contribution in [0.1, 0.15) is 47.8 Å². The number of hydrogen-bond donors (Lipinski definition) is 1. The van der Waals surface area contributed by atoms with Gasteiger partial charge in [0, 0.05) is 23.1 Å². The Kier molecular flexibility index (Phi) is 4.51. The maximum Gasteiger partial charge on any atom is 0.255 e. The molecule has 0 aliphatic heterocycles. The number of aryl methyl sites for hydroxylation is 1. The summed E-state index contributed by atoms with van der Waals surface area (Å²) in [5.41, 5.74) is 3.54. The van der Waals surface area contributed by atoms with Gasteiger partial charge in [-0.25, -0.2) is 0 Å². The Morgan fingerprint density at radius 3 is 2.75 bits per heavy atom. The van der Waals surface area contributed by atoms with Crippen LogP contribution in [0.25, 0.3) is 0 Å². The van der Waals surface area contributed by atoms with Gasteiger partial charge >= 0.3 is 0 Å². The van der Waals surface area contributed by atoms with E-state index in [0.717, 1.165) is 17.8 Å². The number of anilines is 1. The van der Waals surface area contributed by atoms with Crippen molar-refractivity contribution >= 4 is 11.6 Å². The molecule has 1 amide bonds. The fraction of sp³-hybridized carbons (Fsp3) is 0.294. The van der Waals surface area contributed by atoms with Crippen LogP contribution in [0, 0.1) is 6.92 Å². The minimum Gasteiger partial charge on any atom is -0.322 e. The third-order valence-electron chi connectivity index (χ3n) is 3.51. The summed E-state index contributed by atoms with van der Waals surface area (Å²) >= 11 is 0. The highest BCUT2D eigenvalue weighted by atomic mass is 16.1. The molecule has 1 N–H and O–H groups in total. The van der Waals surface area contributed by atoms with Gasteiger partial charge in [0.15, 0.2) is 0 Å². The maximum atomic E-state index is 12.3. The molecule has 0 fully saturated rings. The predicted molar refractivity (Wildman–Crippen MR) is 82.1 cm³/mol. The molecule has 3 heteroatoms. The Morgan fingerprint density at radius 1 is 1.30 bits per heavy atom. The zero-order chi connectivity index (χ0) is 14.5. The lowest BCUT2D eigenvalue weighted by molar-refractivity contribution is 0.102. The largest absolute Gasteiger partial charge is 0.322 e. The van der Waals surface area contributed by atoms with Crippen LogP contribution in [-0.2, 0) is 0 Å². The quantitative estimate of drug-likeness (QED) is 0.904. The van der Waals surface area contributed by atoms with Gasteiger partial charge in [-0.15, -0.1) is 0 Å². The summed E-state index contributed by atoms with van der Waals surface area (Å²) < 4.78 is 0. The smallest absolute Gasteiger partial charge is 0.255 e. The van der Waals surface area contributed by atoms with Gasteiger partial charge in [0.05, 0.1) is 0 Å². The molecular weight excluding hydrogens is 248 g/mol. The van der Waals surface area contributed by atoms with Crippen LogP contribution < -0.4 is 5.32 Å². The van der Waals surface area contributed by atoms with Gasteiger partial charge in [0.1, 0.15) is 0 Å². The molecule has 1 heterocycles. The first-order valence-corrected chi connectivity index (χ1v) is 6.94. The summed E-state index contributed by atoms with van der Waals surface area (Å²) in [5.74, 6) is 0.330. The molecule has 1 aromatic heterocycles. The first-order chi connectivity index (χ1) is 9.61. The van der Waals surface area contributed by atoms with Crippen molar-refractivity contribution in [3.63, 3.8) is 0 Å². The van der Waals surface area contributed by atoms with Gasteiger partial charge in [-0.05, 0) is 43.0 Å². The Hall–Kier alpha value is -2.16. The molecule has 104 valence electrons. The molecule has 1 aromatic carbocycles. The fourth-order valence-electron chi connectivity index (χ4n) is 2.14. The highest BCUT2D eigenvalue weighted by Crippen LogP contribution is 2.26. The van der Waals surface area contributed by atoms with Crippen LogP contribution in [0.3, 0.4) is 0 Å². The van der Waals surface area contributed by atoms with E-state index in [2.05, 4.69) is 30.2 Å². The number of aromatic nitrogens is 1. The van der Waals surface area contributed by atoms with Crippen LogP contribution in [0.15, 0.2) is 42.6 Å². The van der Waals surface area contributed by atoms with Crippen LogP contribution >= 0.6 is 0 Å². The van der Waals surface area contributed by atoms with Crippen molar-refractivity contribution in [2.75, 3.05) is 5.32 Å². The number of rotatable bonds is 4. The molecular formula is C17H20N2O. The van der Waals surface area contributed by atoms with E-state index in [1.165, 1.54) is 5.56 Å². The lowest BCUT2D eigenvalue weighted by Gasteiger charge is -2.15. The van der Waals surface area contributed by atoms with Crippen LogP contribution in [0.2, 0.25) is 0 Å². The highest BCUT2D eigenvalue weighted by molar-refractivity contribution is 6.04. The zero-order valence-corrected chi connectivity index (χ0v) is 12.2. The van der Waals surface area contributed by atoms with Gasteiger partial charge in [-0.1, -0.05) is 32.0 Å². The number of amides is 1. The molecule has 0 aliphatic rings. The average molecular weight is 268 g/mol. The van der Waals surface area contributed by atoms with Gasteiger partial charge < -0.3 is 5.32 Å². The number of carbonyl (C=O) groups is 1. The second-order valence-electron chi connectivity index (χ2n) is 5.04. The minimum absolute atomic E-state index is 0.0914. The third-order valence-corrected chi connectivity index (χ3v) is 3.51. The zero-order valence-electron chi connectivity index (χ0n) is 12.2. The second-order valence-corrected chi connectivity index (χ2v) is 5.04. The number of nitrogens with zero attached hydrogens (tertiary/aromatic N) is 1. The molecule has 2 rings (SSSR count). The average Bonchev–Trinajstić information content (AvgIpc) is 2.47. The van der Waals surface area contributed by atoms with Crippen molar-refractivity contribution in [1.29, 1.82) is 0 Å². The molecule has 0 aliphatic carbocycles. The van der Waals surface area contributed by atoms with Gasteiger partial charge in [-0.2, -0.15) is 0 Å². The molecule has 20 heavy (non-hydrogen) atoms. The van der Waals surface area contributed by atoms with E-state index in [0.29, 0.717) is 11.5 Å². The highest BCUT2D eigenvalue weighted by Gasteiger charge is 2.12. The van der Waals surface area contributed by atoms with E-state index in [1.54, 1.807) is 18.3 Å². The van der Waals surface area contributed by atoms with E-state index in [1.807, 2.05) is 25.1 Å². The monoisotopic (exact) mass is 268 g/mol. The Bertz CT molecular complexity index is 607. The van der Waals surface area contributed by atoms with Crippen molar-refractivity contribution in [2.45, 2.75) is 33.1 Å². The molecule has 0 saturated heterocycles. The normalized spacial score (nSPS) is 11.9. The lowest BCUT2D eigenvalue weighted by atomic mass is 9.97. The number of para-hydroxylation sites is 1. The van der Waals surface area contributed by atoms with Crippen LogP contribution in [-0.4, -0.2) is 10.9 Å². The van der Waals surface area contributed by atoms with E-state index in [4.69, 9.17) is 0 Å². The standard InChI is InChI=1S/C17H20N2O/c1-4-12(2)15-7-5-6-8-16(15)19-17(20)14-9-10-18-13(3)11-14/h5-12H,4H2,1-3H3,(H,19,20). The van der Waals surface area contributed by atoms with Gasteiger partial charge in [0.2, 0.25) is 0 Å². The first kappa shape index (κ1) is 14.3. The number of benzene rings is 1. The summed E-state index contributed by atoms with van der Waals surface area (Å²) in [7, 11) is 0. The van der Waals surface area contributed by atoms with Crippen LogP contribution in [0.5, 0.6) is 0 Å². The summed E-state index contributed by atoms with van der Waals surface area (Å²) in [5, 5.41) is 3.00. The number of nitrogens with one attached hydrogen (secondary N) is 1. The lowest BCUT2D eigenvalue weighted by Crippen LogP contribution is -2.14. The van der Waals surface area contributed by atoms with E-state index < -0.39 is 0 Å². The summed E-state index contributed by atoms with van der Waals surface area (Å²) in [6.07, 6.45) is 2.70. The molecule has 1 atom stereocenters. The fourth-order valence-corrected chi connectivity index (χ4v) is 2.14. The van der Waals surface area contributed by atoms with Crippen molar-refractivity contribution in [3.8, 4) is 0 Å². The Balaban J connectivity index is 2.24. The van der Waals surface area contributed by atoms with Gasteiger partial charge in [0.25, 0.3) is 5.91 Å². The van der Waals surface area contributed by atoms with Crippen molar-refractivity contribution in [1.82, 2.24) is 4.98 Å². The van der Waals surface area contributed by atoms with Crippen LogP contribution in [0.4, 0.5) is 5.69 Å². The third kappa shape index (κ3) is 3.23. The summed E-state index contributed by atoms with van der Waals surface area (Å²) in [6, 6.07) is 11.5. The predicted octanol–water partition coefficient (Wildman–Crippen LogP) is 4.16. The number of pyridine rings is 1. The molecule has 0 spiro atoms. The summed E-state index contributed by atoms with van der Waals surface area (Å²) in [4.78, 5) is 16.4. The molecule has 0 bridgehead atoms. The maximum absolute atomic E-state index is 12.3. The van der Waals surface area contributed by atoms with Crippen molar-refractivity contribution in [2.24, 2.45) is 0 Å². The van der Waals surface area contributed by atoms with E-state index in [-0.39, 0.29) is 5.91 Å². The molecule has 2 aromatic rings. The van der Waals surface area contributed by atoms with E-state index in [9.17, 15) is 4.79 Å². The summed E-state index contributed by atoms with van der Waals surface area (Å²) in [6.45, 7) is 6.20. The molecule has 0 radical (unpaired) electrons. The van der Waals surface area contributed by atoms with Crippen molar-refractivity contribution < 1.29 is 4.79 Å². The van der Waals surface area contributed by atoms with E-state index >= 15 is 0 Å². The van der Waals surface area contributed by atoms with Gasteiger partial charge in [-0.3, -0.25) is 9.78 Å². The van der Waals surface area contributed by atoms with Crippen molar-refractivity contribution in [3.05, 3.63) is 59.4 Å². The Labute approximate surface area is 120 Å². The number of hydrogen-bond acceptors (Lipinski definition) is 2. The minimum atomic E-state index is -0.0914. The topological polar surface area (TPSA) is 42.0 Å². The number of carbonyl (C=O) groups excluding carboxylic acids is 1. The first-order valence-electron chi connectivity index (χ1n) is 6.94. The molecule has 0 saturated carbocycles.